The minimum absolute atomic E-state index is 0.261. The van der Waals surface area contributed by atoms with E-state index < -0.39 is 34.1 Å². The lowest BCUT2D eigenvalue weighted by Gasteiger charge is -2.20. The lowest BCUT2D eigenvalue weighted by Crippen LogP contribution is -2.41. The smallest absolute Gasteiger partial charge is 0.424 e. The maximum Gasteiger partial charge on any atom is 0.499 e. The number of halogens is 6. The second-order valence-corrected chi connectivity index (χ2v) is 4.33. The van der Waals surface area contributed by atoms with Gasteiger partial charge in [-0.3, -0.25) is 0 Å². The molecule has 0 aliphatic carbocycles. The Morgan fingerprint density at radius 2 is 1.78 bits per heavy atom. The molecule has 18 heavy (non-hydrogen) atoms. The van der Waals surface area contributed by atoms with Crippen molar-refractivity contribution < 1.29 is 35.5 Å². The Morgan fingerprint density at radius 1 is 1.22 bits per heavy atom. The van der Waals surface area contributed by atoms with Crippen molar-refractivity contribution >= 4 is 22.7 Å². The van der Waals surface area contributed by atoms with E-state index in [0.717, 1.165) is 12.1 Å². The van der Waals surface area contributed by atoms with Crippen LogP contribution in [0.2, 0.25) is 5.02 Å². The van der Waals surface area contributed by atoms with Gasteiger partial charge in [0.1, 0.15) is 5.75 Å². The van der Waals surface area contributed by atoms with Crippen LogP contribution in [0.15, 0.2) is 23.1 Å². The Hall–Kier alpha value is -0.930. The van der Waals surface area contributed by atoms with Crippen molar-refractivity contribution in [2.45, 2.75) is 17.2 Å². The van der Waals surface area contributed by atoms with Crippen molar-refractivity contribution in [2.24, 2.45) is 0 Å². The van der Waals surface area contributed by atoms with Gasteiger partial charge in [0.05, 0.1) is 9.92 Å². The lowest BCUT2D eigenvalue weighted by molar-refractivity contribution is -0.360. The van der Waals surface area contributed by atoms with Gasteiger partial charge >= 0.3 is 12.3 Å². The van der Waals surface area contributed by atoms with Crippen LogP contribution in [-0.2, 0) is 11.1 Å². The standard InChI is InChI=1S/C8H4ClF5O3S/c9-5-3-4(18(15)16)1-2-6(5)17-8(13,14)7(10,11)12/h1-3H,(H,15,16). The molecule has 0 aliphatic heterocycles. The molecule has 0 spiro atoms. The third-order valence-corrected chi connectivity index (χ3v) is 2.63. The molecule has 1 N–H and O–H groups in total. The number of rotatable bonds is 3. The zero-order valence-corrected chi connectivity index (χ0v) is 9.74. The number of ether oxygens (including phenoxy) is 1. The van der Waals surface area contributed by atoms with E-state index in [-0.39, 0.29) is 4.90 Å². The Morgan fingerprint density at radius 3 is 2.17 bits per heavy atom. The third-order valence-electron chi connectivity index (χ3n) is 1.67. The predicted molar refractivity (Wildman–Crippen MR) is 52.1 cm³/mol. The number of benzene rings is 1. The highest BCUT2D eigenvalue weighted by atomic mass is 35.5. The molecule has 1 rings (SSSR count). The summed E-state index contributed by atoms with van der Waals surface area (Å²) in [5.74, 6) is -0.951. The van der Waals surface area contributed by atoms with Gasteiger partial charge in [-0.15, -0.1) is 0 Å². The third kappa shape index (κ3) is 3.30. The first-order valence-corrected chi connectivity index (χ1v) is 5.57. The molecule has 0 fully saturated rings. The zero-order chi connectivity index (χ0) is 14.1. The van der Waals surface area contributed by atoms with Crippen molar-refractivity contribution in [3.8, 4) is 5.75 Å². The fourth-order valence-electron chi connectivity index (χ4n) is 0.869. The summed E-state index contributed by atoms with van der Waals surface area (Å²) >= 11 is 2.92. The van der Waals surface area contributed by atoms with E-state index in [4.69, 9.17) is 16.2 Å². The molecular weight excluding hydrogens is 307 g/mol. The Bertz CT molecular complexity index is 476. The van der Waals surface area contributed by atoms with Crippen LogP contribution >= 0.6 is 11.6 Å². The molecule has 0 saturated heterocycles. The van der Waals surface area contributed by atoms with Crippen LogP contribution < -0.4 is 4.74 Å². The first kappa shape index (κ1) is 15.1. The summed E-state index contributed by atoms with van der Waals surface area (Å²) in [5, 5.41) is -0.640. The van der Waals surface area contributed by atoms with E-state index in [0.29, 0.717) is 6.07 Å². The number of hydrogen-bond donors (Lipinski definition) is 1. The minimum atomic E-state index is -5.89. The summed E-state index contributed by atoms with van der Waals surface area (Å²) < 4.78 is 83.3. The molecule has 102 valence electrons. The van der Waals surface area contributed by atoms with Crippen LogP contribution in [0, 0.1) is 0 Å². The summed E-state index contributed by atoms with van der Waals surface area (Å²) in [7, 11) is 0. The van der Waals surface area contributed by atoms with Gasteiger partial charge in [0.25, 0.3) is 0 Å². The minimum Gasteiger partial charge on any atom is -0.424 e. The van der Waals surface area contributed by atoms with Crippen LogP contribution in [-0.4, -0.2) is 21.0 Å². The van der Waals surface area contributed by atoms with E-state index >= 15 is 0 Å². The topological polar surface area (TPSA) is 46.5 Å². The van der Waals surface area contributed by atoms with Gasteiger partial charge in [-0.2, -0.15) is 22.0 Å². The lowest BCUT2D eigenvalue weighted by atomic mass is 10.3. The van der Waals surface area contributed by atoms with E-state index in [2.05, 4.69) is 4.74 Å². The largest absolute Gasteiger partial charge is 0.499 e. The van der Waals surface area contributed by atoms with E-state index in [9.17, 15) is 26.2 Å². The van der Waals surface area contributed by atoms with Crippen molar-refractivity contribution in [3.63, 3.8) is 0 Å². The molecule has 10 heteroatoms. The van der Waals surface area contributed by atoms with Gasteiger partial charge in [-0.1, -0.05) is 11.6 Å². The molecule has 0 bridgehead atoms. The van der Waals surface area contributed by atoms with E-state index in [1.165, 1.54) is 0 Å². The van der Waals surface area contributed by atoms with Crippen molar-refractivity contribution in [1.82, 2.24) is 0 Å². The molecule has 0 aromatic heterocycles. The Labute approximate surface area is 105 Å². The molecule has 3 nitrogen and oxygen atoms in total. The second-order valence-electron chi connectivity index (χ2n) is 2.96. The summed E-state index contributed by atoms with van der Waals surface area (Å²) in [6.45, 7) is 0. The van der Waals surface area contributed by atoms with Crippen LogP contribution in [0.3, 0.4) is 0 Å². The van der Waals surface area contributed by atoms with E-state index in [1.807, 2.05) is 0 Å². The van der Waals surface area contributed by atoms with Crippen LogP contribution in [0.5, 0.6) is 5.75 Å². The Balaban J connectivity index is 3.03. The molecule has 0 aliphatic rings. The molecule has 0 amide bonds. The van der Waals surface area contributed by atoms with Crippen molar-refractivity contribution in [2.75, 3.05) is 0 Å². The normalized spacial score (nSPS) is 14.4. The summed E-state index contributed by atoms with van der Waals surface area (Å²) in [6.07, 6.45) is -11.3. The quantitative estimate of drug-likeness (QED) is 0.687. The second kappa shape index (κ2) is 4.98. The van der Waals surface area contributed by atoms with Gasteiger partial charge in [0.2, 0.25) is 0 Å². The van der Waals surface area contributed by atoms with Gasteiger partial charge in [-0.25, -0.2) is 4.21 Å². The Kier molecular flexibility index (Phi) is 4.19. The van der Waals surface area contributed by atoms with Gasteiger partial charge in [0, 0.05) is 0 Å². The average Bonchev–Trinajstić information content (AvgIpc) is 2.18. The average molecular weight is 311 g/mol. The van der Waals surface area contributed by atoms with Gasteiger partial charge < -0.3 is 9.29 Å². The molecule has 1 aromatic rings. The monoisotopic (exact) mass is 310 g/mol. The van der Waals surface area contributed by atoms with Gasteiger partial charge in [-0.05, 0) is 18.2 Å². The first-order valence-electron chi connectivity index (χ1n) is 4.08. The summed E-state index contributed by atoms with van der Waals surface area (Å²) in [4.78, 5) is -0.261. The van der Waals surface area contributed by atoms with Crippen LogP contribution in [0.25, 0.3) is 0 Å². The zero-order valence-electron chi connectivity index (χ0n) is 8.17. The molecular formula is C8H4ClF5O3S. The van der Waals surface area contributed by atoms with Crippen LogP contribution in [0.4, 0.5) is 22.0 Å². The fraction of sp³-hybridized carbons (Fsp3) is 0.250. The summed E-state index contributed by atoms with van der Waals surface area (Å²) in [6, 6.07) is 2.23. The van der Waals surface area contributed by atoms with Crippen molar-refractivity contribution in [3.05, 3.63) is 23.2 Å². The molecule has 1 unspecified atom stereocenters. The van der Waals surface area contributed by atoms with E-state index in [1.54, 1.807) is 0 Å². The molecule has 0 radical (unpaired) electrons. The number of alkyl halides is 5. The molecule has 0 heterocycles. The first-order chi connectivity index (χ1) is 8.04. The maximum atomic E-state index is 12.5. The summed E-state index contributed by atoms with van der Waals surface area (Å²) in [5.41, 5.74) is 0. The highest BCUT2D eigenvalue weighted by Gasteiger charge is 2.61. The van der Waals surface area contributed by atoms with Crippen molar-refractivity contribution in [1.29, 1.82) is 0 Å². The SMILES string of the molecule is O=S(O)c1ccc(OC(F)(F)C(F)(F)F)c(Cl)c1. The maximum absolute atomic E-state index is 12.5. The van der Waals surface area contributed by atoms with Crippen LogP contribution in [0.1, 0.15) is 0 Å². The number of hydrogen-bond acceptors (Lipinski definition) is 2. The highest BCUT2D eigenvalue weighted by molar-refractivity contribution is 7.79. The fourth-order valence-corrected chi connectivity index (χ4v) is 1.56. The van der Waals surface area contributed by atoms with Gasteiger partial charge in [0.15, 0.2) is 11.1 Å². The molecule has 1 atom stereocenters. The molecule has 0 saturated carbocycles. The highest BCUT2D eigenvalue weighted by Crippen LogP contribution is 2.39. The molecule has 1 aromatic carbocycles. The predicted octanol–water partition coefficient (Wildman–Crippen LogP) is 3.45.